The molecule has 0 aliphatic carbocycles. The number of ether oxygens (including phenoxy) is 2. The maximum absolute atomic E-state index is 5.53. The van der Waals surface area contributed by atoms with E-state index in [2.05, 4.69) is 18.3 Å². The van der Waals surface area contributed by atoms with Crippen LogP contribution in [0.4, 0.5) is 0 Å². The quantitative estimate of drug-likeness (QED) is 0.874. The van der Waals surface area contributed by atoms with Crippen molar-refractivity contribution in [1.29, 1.82) is 0 Å². The van der Waals surface area contributed by atoms with Gasteiger partial charge >= 0.3 is 0 Å². The summed E-state index contributed by atoms with van der Waals surface area (Å²) in [4.78, 5) is 0. The number of aryl methyl sites for hydroxylation is 1. The number of nitrogens with one attached hydrogen (secondary N) is 1. The number of benzene rings is 1. The van der Waals surface area contributed by atoms with E-state index in [4.69, 9.17) is 9.47 Å². The molecule has 3 nitrogen and oxygen atoms in total. The van der Waals surface area contributed by atoms with Gasteiger partial charge in [0.05, 0.1) is 14.2 Å². The Bertz CT molecular complexity index is 384. The monoisotopic (exact) mass is 235 g/mol. The first-order valence-corrected chi connectivity index (χ1v) is 6.22. The molecule has 1 saturated heterocycles. The van der Waals surface area contributed by atoms with Crippen LogP contribution in [0.5, 0.6) is 11.5 Å². The van der Waals surface area contributed by atoms with Gasteiger partial charge in [0.1, 0.15) is 11.5 Å². The average molecular weight is 235 g/mol. The number of rotatable bonds is 3. The van der Waals surface area contributed by atoms with Crippen LogP contribution in [0.1, 0.15) is 36.4 Å². The molecule has 17 heavy (non-hydrogen) atoms. The highest BCUT2D eigenvalue weighted by Crippen LogP contribution is 2.36. The standard InChI is InChI=1S/C14H21NO2/c1-10-8-11(16-2)9-12(14(10)17-3)13-6-4-5-7-15-13/h8-9,13,15H,4-7H2,1-3H3. The number of hydrogen-bond donors (Lipinski definition) is 1. The Kier molecular flexibility index (Phi) is 3.89. The fourth-order valence-corrected chi connectivity index (χ4v) is 2.54. The molecule has 1 fully saturated rings. The van der Waals surface area contributed by atoms with E-state index in [1.165, 1.54) is 24.8 Å². The van der Waals surface area contributed by atoms with Crippen LogP contribution in [0.2, 0.25) is 0 Å². The van der Waals surface area contributed by atoms with Crippen LogP contribution < -0.4 is 14.8 Å². The minimum atomic E-state index is 0.396. The van der Waals surface area contributed by atoms with E-state index < -0.39 is 0 Å². The molecule has 1 aliphatic rings. The number of methoxy groups -OCH3 is 2. The first-order valence-electron chi connectivity index (χ1n) is 6.22. The Hall–Kier alpha value is -1.22. The van der Waals surface area contributed by atoms with Crippen molar-refractivity contribution in [1.82, 2.24) is 5.32 Å². The zero-order valence-corrected chi connectivity index (χ0v) is 10.9. The molecule has 1 aliphatic heterocycles. The lowest BCUT2D eigenvalue weighted by Crippen LogP contribution is -2.27. The Morgan fingerprint density at radius 2 is 2.00 bits per heavy atom. The molecule has 0 saturated carbocycles. The lowest BCUT2D eigenvalue weighted by molar-refractivity contribution is 0.366. The molecule has 0 radical (unpaired) electrons. The summed E-state index contributed by atoms with van der Waals surface area (Å²) in [5.41, 5.74) is 2.36. The van der Waals surface area contributed by atoms with Crippen molar-refractivity contribution in [3.63, 3.8) is 0 Å². The first kappa shape index (κ1) is 12.2. The zero-order chi connectivity index (χ0) is 12.3. The number of piperidine rings is 1. The van der Waals surface area contributed by atoms with E-state index in [0.717, 1.165) is 23.6 Å². The summed E-state index contributed by atoms with van der Waals surface area (Å²) >= 11 is 0. The van der Waals surface area contributed by atoms with Gasteiger partial charge in [-0.2, -0.15) is 0 Å². The predicted octanol–water partition coefficient (Wildman–Crippen LogP) is 2.83. The minimum Gasteiger partial charge on any atom is -0.497 e. The van der Waals surface area contributed by atoms with Crippen LogP contribution in [0.15, 0.2) is 12.1 Å². The third-order valence-corrected chi connectivity index (χ3v) is 3.40. The summed E-state index contributed by atoms with van der Waals surface area (Å²) in [6.07, 6.45) is 3.71. The van der Waals surface area contributed by atoms with Crippen LogP contribution >= 0.6 is 0 Å². The normalized spacial score (nSPS) is 20.1. The Morgan fingerprint density at radius 1 is 1.18 bits per heavy atom. The van der Waals surface area contributed by atoms with Crippen LogP contribution in [-0.4, -0.2) is 20.8 Å². The molecule has 3 heteroatoms. The molecular weight excluding hydrogens is 214 g/mol. The van der Waals surface area contributed by atoms with Crippen LogP contribution in [0, 0.1) is 6.92 Å². The van der Waals surface area contributed by atoms with Crippen molar-refractivity contribution in [2.75, 3.05) is 20.8 Å². The van der Waals surface area contributed by atoms with E-state index in [0.29, 0.717) is 6.04 Å². The summed E-state index contributed by atoms with van der Waals surface area (Å²) in [7, 11) is 3.44. The van der Waals surface area contributed by atoms with Gasteiger partial charge in [-0.1, -0.05) is 6.42 Å². The molecule has 94 valence electrons. The highest BCUT2D eigenvalue weighted by Gasteiger charge is 2.20. The van der Waals surface area contributed by atoms with Gasteiger partial charge in [0.2, 0.25) is 0 Å². The topological polar surface area (TPSA) is 30.5 Å². The molecule has 0 amide bonds. The first-order chi connectivity index (χ1) is 8.26. The Morgan fingerprint density at radius 3 is 2.59 bits per heavy atom. The molecular formula is C14H21NO2. The molecule has 1 aromatic carbocycles. The third-order valence-electron chi connectivity index (χ3n) is 3.40. The van der Waals surface area contributed by atoms with Crippen LogP contribution in [0.3, 0.4) is 0 Å². The molecule has 1 N–H and O–H groups in total. The molecule has 0 spiro atoms. The van der Waals surface area contributed by atoms with Crippen molar-refractivity contribution >= 4 is 0 Å². The van der Waals surface area contributed by atoms with Crippen LogP contribution in [0.25, 0.3) is 0 Å². The maximum atomic E-state index is 5.53. The van der Waals surface area contributed by atoms with Crippen molar-refractivity contribution in [3.05, 3.63) is 23.3 Å². The summed E-state index contributed by atoms with van der Waals surface area (Å²) < 4.78 is 10.9. The summed E-state index contributed by atoms with van der Waals surface area (Å²) in [6.45, 7) is 3.15. The summed E-state index contributed by atoms with van der Waals surface area (Å²) in [5, 5.41) is 3.55. The maximum Gasteiger partial charge on any atom is 0.126 e. The van der Waals surface area contributed by atoms with E-state index >= 15 is 0 Å². The zero-order valence-electron chi connectivity index (χ0n) is 10.9. The fraction of sp³-hybridized carbons (Fsp3) is 0.571. The predicted molar refractivity (Wildman–Crippen MR) is 68.9 cm³/mol. The highest BCUT2D eigenvalue weighted by atomic mass is 16.5. The van der Waals surface area contributed by atoms with Crippen molar-refractivity contribution < 1.29 is 9.47 Å². The average Bonchev–Trinajstić information content (AvgIpc) is 2.38. The highest BCUT2D eigenvalue weighted by molar-refractivity contribution is 5.48. The van der Waals surface area contributed by atoms with Gasteiger partial charge in [-0.15, -0.1) is 0 Å². The van der Waals surface area contributed by atoms with Crippen molar-refractivity contribution in [2.24, 2.45) is 0 Å². The van der Waals surface area contributed by atoms with Crippen LogP contribution in [-0.2, 0) is 0 Å². The Balaban J connectivity index is 2.38. The van der Waals surface area contributed by atoms with E-state index in [-0.39, 0.29) is 0 Å². The molecule has 0 bridgehead atoms. The van der Waals surface area contributed by atoms with E-state index in [1.807, 2.05) is 6.07 Å². The van der Waals surface area contributed by atoms with Crippen molar-refractivity contribution in [2.45, 2.75) is 32.2 Å². The second kappa shape index (κ2) is 5.41. The van der Waals surface area contributed by atoms with Gasteiger partial charge in [-0.3, -0.25) is 0 Å². The molecule has 1 heterocycles. The van der Waals surface area contributed by atoms with Gasteiger partial charge in [-0.25, -0.2) is 0 Å². The largest absolute Gasteiger partial charge is 0.497 e. The molecule has 1 atom stereocenters. The van der Waals surface area contributed by atoms with Gasteiger partial charge in [-0.05, 0) is 44.0 Å². The number of hydrogen-bond acceptors (Lipinski definition) is 3. The molecule has 1 unspecified atom stereocenters. The SMILES string of the molecule is COc1cc(C)c(OC)c(C2CCCCN2)c1. The molecule has 0 aromatic heterocycles. The Labute approximate surface area is 103 Å². The van der Waals surface area contributed by atoms with Gasteiger partial charge in [0.15, 0.2) is 0 Å². The smallest absolute Gasteiger partial charge is 0.126 e. The summed E-state index contributed by atoms with van der Waals surface area (Å²) in [6, 6.07) is 4.51. The van der Waals surface area contributed by atoms with Crippen molar-refractivity contribution in [3.8, 4) is 11.5 Å². The van der Waals surface area contributed by atoms with Gasteiger partial charge in [0, 0.05) is 11.6 Å². The lowest BCUT2D eigenvalue weighted by atomic mass is 9.95. The van der Waals surface area contributed by atoms with Gasteiger partial charge in [0.25, 0.3) is 0 Å². The van der Waals surface area contributed by atoms with E-state index in [1.54, 1.807) is 14.2 Å². The van der Waals surface area contributed by atoms with E-state index in [9.17, 15) is 0 Å². The lowest BCUT2D eigenvalue weighted by Gasteiger charge is -2.26. The second-order valence-corrected chi connectivity index (χ2v) is 4.57. The summed E-state index contributed by atoms with van der Waals surface area (Å²) in [5.74, 6) is 1.90. The molecule has 1 aromatic rings. The minimum absolute atomic E-state index is 0.396. The fourth-order valence-electron chi connectivity index (χ4n) is 2.54. The van der Waals surface area contributed by atoms with Gasteiger partial charge < -0.3 is 14.8 Å². The second-order valence-electron chi connectivity index (χ2n) is 4.57. The third kappa shape index (κ3) is 2.55. The molecule has 2 rings (SSSR count).